The number of nitrogens with one attached hydrogen (secondary N) is 1. The average Bonchev–Trinajstić information content (AvgIpc) is 3.24. The molecule has 0 aliphatic carbocycles. The number of nitrogens with zero attached hydrogens (tertiary/aromatic N) is 2. The van der Waals surface area contributed by atoms with Crippen LogP contribution in [0.15, 0.2) is 78.9 Å². The minimum atomic E-state index is -0.466. The van der Waals surface area contributed by atoms with E-state index >= 15 is 0 Å². The van der Waals surface area contributed by atoms with Crippen LogP contribution in [0.1, 0.15) is 41.8 Å². The van der Waals surface area contributed by atoms with Gasteiger partial charge in [-0.3, -0.25) is 24.6 Å². The molecule has 1 N–H and O–H groups in total. The van der Waals surface area contributed by atoms with Gasteiger partial charge in [-0.25, -0.2) is 0 Å². The number of benzene rings is 3. The third-order valence-electron chi connectivity index (χ3n) is 5.68. The lowest BCUT2D eigenvalue weighted by Gasteiger charge is -2.27. The normalized spacial score (nSPS) is 15.7. The fourth-order valence-electron chi connectivity index (χ4n) is 3.92. The Morgan fingerprint density at radius 3 is 2.43 bits per heavy atom. The Bertz CT molecular complexity index is 1270. The Morgan fingerprint density at radius 1 is 1.09 bits per heavy atom. The average molecular weight is 488 g/mol. The number of carbonyl (C=O) groups excluding carboxylic acids is 2. The highest BCUT2D eigenvalue weighted by Gasteiger charge is 2.35. The first kappa shape index (κ1) is 24.2. The van der Waals surface area contributed by atoms with Crippen LogP contribution in [0.4, 0.5) is 17.1 Å². The number of para-hydroxylation sites is 1. The summed E-state index contributed by atoms with van der Waals surface area (Å²) in [6.45, 7) is 4.24. The zero-order valence-electron chi connectivity index (χ0n) is 19.4. The zero-order valence-corrected chi connectivity index (χ0v) is 20.2. The minimum Gasteiger partial charge on any atom is -0.323 e. The van der Waals surface area contributed by atoms with E-state index in [0.29, 0.717) is 22.9 Å². The van der Waals surface area contributed by atoms with Crippen molar-refractivity contribution >= 4 is 46.7 Å². The second kappa shape index (κ2) is 10.6. The molecule has 8 heteroatoms. The molecule has 1 atom stereocenters. The van der Waals surface area contributed by atoms with E-state index in [2.05, 4.69) is 25.2 Å². The Morgan fingerprint density at radius 2 is 1.77 bits per heavy atom. The molecule has 1 heterocycles. The van der Waals surface area contributed by atoms with Gasteiger partial charge < -0.3 is 5.32 Å². The van der Waals surface area contributed by atoms with Gasteiger partial charge >= 0.3 is 0 Å². The maximum absolute atomic E-state index is 12.8. The van der Waals surface area contributed by atoms with Crippen molar-refractivity contribution < 1.29 is 14.5 Å². The van der Waals surface area contributed by atoms with Crippen molar-refractivity contribution in [1.82, 2.24) is 0 Å². The van der Waals surface area contributed by atoms with Gasteiger partial charge in [0.2, 0.25) is 11.8 Å². The van der Waals surface area contributed by atoms with E-state index in [1.807, 2.05) is 47.4 Å². The Labute approximate surface area is 208 Å². The monoisotopic (exact) mass is 487 g/mol. The lowest BCUT2D eigenvalue weighted by Crippen LogP contribution is -2.29. The summed E-state index contributed by atoms with van der Waals surface area (Å²) in [4.78, 5) is 37.3. The molecular weight excluding hydrogens is 462 g/mol. The molecule has 1 aliphatic rings. The molecule has 1 aliphatic heterocycles. The summed E-state index contributed by atoms with van der Waals surface area (Å²) in [5, 5.41) is 13.4. The largest absolute Gasteiger partial charge is 0.323 e. The molecule has 0 radical (unpaired) electrons. The number of thioether (sulfide) groups is 1. The number of non-ortho nitro benzene ring substituents is 1. The van der Waals surface area contributed by atoms with Gasteiger partial charge in [0.1, 0.15) is 5.37 Å². The Balaban J connectivity index is 1.45. The molecule has 7 nitrogen and oxygen atoms in total. The van der Waals surface area contributed by atoms with Crippen molar-refractivity contribution in [1.29, 1.82) is 0 Å². The van der Waals surface area contributed by atoms with Crippen LogP contribution >= 0.6 is 11.8 Å². The maximum atomic E-state index is 12.8. The van der Waals surface area contributed by atoms with E-state index < -0.39 is 4.92 Å². The van der Waals surface area contributed by atoms with Crippen molar-refractivity contribution in [3.63, 3.8) is 0 Å². The molecule has 1 fully saturated rings. The third-order valence-corrected chi connectivity index (χ3v) is 6.89. The highest BCUT2D eigenvalue weighted by Crippen LogP contribution is 2.44. The minimum absolute atomic E-state index is 0.0000712. The fourth-order valence-corrected chi connectivity index (χ4v) is 5.09. The first-order valence-corrected chi connectivity index (χ1v) is 12.2. The Kier molecular flexibility index (Phi) is 7.31. The van der Waals surface area contributed by atoms with E-state index in [1.54, 1.807) is 30.0 Å². The second-order valence-electron chi connectivity index (χ2n) is 8.43. The molecule has 0 saturated carbocycles. The van der Waals surface area contributed by atoms with Gasteiger partial charge in [-0.2, -0.15) is 0 Å². The molecule has 0 aromatic heterocycles. The summed E-state index contributed by atoms with van der Waals surface area (Å²) in [5.74, 6) is 0.487. The zero-order chi connectivity index (χ0) is 24.9. The number of nitro benzene ring substituents is 1. The number of nitro groups is 1. The molecule has 4 rings (SSSR count). The molecule has 3 aromatic rings. The lowest BCUT2D eigenvalue weighted by atomic mass is 10.00. The first-order chi connectivity index (χ1) is 16.8. The number of anilines is 2. The van der Waals surface area contributed by atoms with Crippen LogP contribution in [0.2, 0.25) is 0 Å². The van der Waals surface area contributed by atoms with Crippen molar-refractivity contribution in [2.75, 3.05) is 16.0 Å². The molecule has 0 spiro atoms. The highest BCUT2D eigenvalue weighted by atomic mass is 32.2. The number of carbonyl (C=O) groups is 2. The van der Waals surface area contributed by atoms with Crippen LogP contribution < -0.4 is 10.2 Å². The highest BCUT2D eigenvalue weighted by molar-refractivity contribution is 8.00. The molecule has 1 unspecified atom stereocenters. The van der Waals surface area contributed by atoms with E-state index in [0.717, 1.165) is 16.8 Å². The smallest absolute Gasteiger partial charge is 0.269 e. The maximum Gasteiger partial charge on any atom is 0.269 e. The molecule has 3 aromatic carbocycles. The SMILES string of the molecule is CC(C)c1ccccc1N1C(=O)CSC1c1ccc(NC(=O)/C=C/c2ccc([N+](=O)[O-])cc2)cc1. The van der Waals surface area contributed by atoms with E-state index in [9.17, 15) is 19.7 Å². The summed E-state index contributed by atoms with van der Waals surface area (Å²) < 4.78 is 0. The van der Waals surface area contributed by atoms with Crippen LogP contribution in [0, 0.1) is 10.1 Å². The molecule has 1 saturated heterocycles. The predicted molar refractivity (Wildman–Crippen MR) is 140 cm³/mol. The first-order valence-electron chi connectivity index (χ1n) is 11.2. The topological polar surface area (TPSA) is 92.6 Å². The fraction of sp³-hybridized carbons (Fsp3) is 0.185. The van der Waals surface area contributed by atoms with Crippen molar-refractivity contribution in [3.05, 3.63) is 106 Å². The molecule has 35 heavy (non-hydrogen) atoms. The van der Waals surface area contributed by atoms with Crippen LogP contribution in [0.3, 0.4) is 0 Å². The number of hydrogen-bond acceptors (Lipinski definition) is 5. The van der Waals surface area contributed by atoms with Gasteiger partial charge in [-0.15, -0.1) is 11.8 Å². The van der Waals surface area contributed by atoms with Gasteiger partial charge in [-0.1, -0.05) is 44.2 Å². The molecule has 2 amide bonds. The number of amides is 2. The van der Waals surface area contributed by atoms with Crippen molar-refractivity contribution in [2.24, 2.45) is 0 Å². The van der Waals surface area contributed by atoms with Crippen LogP contribution in [-0.2, 0) is 9.59 Å². The predicted octanol–water partition coefficient (Wildman–Crippen LogP) is 6.15. The summed E-state index contributed by atoms with van der Waals surface area (Å²) in [7, 11) is 0. The second-order valence-corrected chi connectivity index (χ2v) is 9.50. The van der Waals surface area contributed by atoms with E-state index in [4.69, 9.17) is 0 Å². The number of hydrogen-bond donors (Lipinski definition) is 1. The van der Waals surface area contributed by atoms with Gasteiger partial charge in [0.15, 0.2) is 0 Å². The summed E-state index contributed by atoms with van der Waals surface area (Å²) >= 11 is 1.59. The van der Waals surface area contributed by atoms with Gasteiger partial charge in [-0.05, 0) is 59.0 Å². The molecular formula is C27H25N3O4S. The van der Waals surface area contributed by atoms with Gasteiger partial charge in [0.05, 0.1) is 10.7 Å². The molecule has 178 valence electrons. The van der Waals surface area contributed by atoms with Crippen LogP contribution in [0.5, 0.6) is 0 Å². The number of rotatable bonds is 7. The van der Waals surface area contributed by atoms with Gasteiger partial charge in [0.25, 0.3) is 5.69 Å². The van der Waals surface area contributed by atoms with E-state index in [1.165, 1.54) is 18.2 Å². The van der Waals surface area contributed by atoms with E-state index in [-0.39, 0.29) is 22.9 Å². The van der Waals surface area contributed by atoms with Crippen LogP contribution in [0.25, 0.3) is 6.08 Å². The summed E-state index contributed by atoms with van der Waals surface area (Å²) in [6.07, 6.45) is 2.98. The summed E-state index contributed by atoms with van der Waals surface area (Å²) in [5.41, 5.74) is 4.38. The van der Waals surface area contributed by atoms with Crippen molar-refractivity contribution in [3.8, 4) is 0 Å². The van der Waals surface area contributed by atoms with Gasteiger partial charge in [0, 0.05) is 29.6 Å². The third kappa shape index (κ3) is 5.60. The standard InChI is InChI=1S/C27H25N3O4S/c1-18(2)23-5-3-4-6-24(23)29-26(32)17-35-27(29)20-10-12-21(13-11-20)28-25(31)16-9-19-7-14-22(15-8-19)30(33)34/h3-16,18,27H,17H2,1-2H3,(H,28,31)/b16-9+. The van der Waals surface area contributed by atoms with Crippen LogP contribution in [-0.4, -0.2) is 22.5 Å². The molecule has 0 bridgehead atoms. The lowest BCUT2D eigenvalue weighted by molar-refractivity contribution is -0.384. The summed E-state index contributed by atoms with van der Waals surface area (Å²) in [6, 6.07) is 21.5. The Hall–Kier alpha value is -3.91. The van der Waals surface area contributed by atoms with Crippen molar-refractivity contribution in [2.45, 2.75) is 25.1 Å². The quantitative estimate of drug-likeness (QED) is 0.245.